The summed E-state index contributed by atoms with van der Waals surface area (Å²) in [5.41, 5.74) is 1.07. The molecule has 100 valence electrons. The normalized spacial score (nSPS) is 11.3. The van der Waals surface area contributed by atoms with E-state index in [1.165, 1.54) is 12.1 Å². The number of nitrogens with one attached hydrogen (secondary N) is 1. The summed E-state index contributed by atoms with van der Waals surface area (Å²) in [5, 5.41) is 10.4. The maximum atomic E-state index is 12.0. The van der Waals surface area contributed by atoms with E-state index in [9.17, 15) is 18.0 Å². The first-order chi connectivity index (χ1) is 8.43. The molecular weight excluding hydrogens is 247 g/mol. The van der Waals surface area contributed by atoms with E-state index in [1.54, 1.807) is 17.4 Å². The van der Waals surface area contributed by atoms with Crippen LogP contribution >= 0.6 is 0 Å². The highest BCUT2D eigenvalue weighted by Gasteiger charge is 2.38. The van der Waals surface area contributed by atoms with Crippen LogP contribution in [0.15, 0.2) is 24.3 Å². The van der Waals surface area contributed by atoms with Crippen LogP contribution in [0, 0.1) is 0 Å². The first-order valence-corrected chi connectivity index (χ1v) is 5.51. The first kappa shape index (κ1) is 14.5. The van der Waals surface area contributed by atoms with E-state index in [4.69, 9.17) is 5.11 Å². The molecule has 6 heteroatoms. The highest BCUT2D eigenvalue weighted by atomic mass is 19.4. The summed E-state index contributed by atoms with van der Waals surface area (Å²) in [6.07, 6.45) is -2.63. The number of unbranched alkanes of at least 4 members (excludes halogenated alkanes) is 1. The highest BCUT2D eigenvalue weighted by molar-refractivity contribution is 5.94. The number of anilines is 1. The number of halogens is 3. The lowest BCUT2D eigenvalue weighted by Gasteiger charge is -2.08. The van der Waals surface area contributed by atoms with E-state index in [-0.39, 0.29) is 12.3 Å². The van der Waals surface area contributed by atoms with Gasteiger partial charge in [0.1, 0.15) is 0 Å². The monoisotopic (exact) mass is 261 g/mol. The van der Waals surface area contributed by atoms with Gasteiger partial charge < -0.3 is 10.4 Å². The summed E-state index contributed by atoms with van der Waals surface area (Å²) in [6, 6.07) is 6.17. The molecule has 0 radical (unpaired) electrons. The standard InChI is InChI=1S/C12H14F3NO2/c13-12(14,15)11(18)16-10-6-4-9(5-7-10)3-1-2-8-17/h4-7,17H,1-3,8H2,(H,16,18). The van der Waals surface area contributed by atoms with Gasteiger partial charge in [0, 0.05) is 12.3 Å². The second kappa shape index (κ2) is 6.39. The van der Waals surface area contributed by atoms with E-state index in [0.29, 0.717) is 6.42 Å². The van der Waals surface area contributed by atoms with Gasteiger partial charge in [-0.2, -0.15) is 13.2 Å². The fourth-order valence-electron chi connectivity index (χ4n) is 1.40. The molecule has 0 aliphatic carbocycles. The SMILES string of the molecule is O=C(Nc1ccc(CCCCO)cc1)C(F)(F)F. The van der Waals surface area contributed by atoms with Crippen LogP contribution in [0.2, 0.25) is 0 Å². The molecule has 0 aliphatic heterocycles. The Labute approximate surface area is 103 Å². The molecule has 1 aromatic rings. The molecule has 0 atom stereocenters. The Hall–Kier alpha value is -1.56. The molecule has 0 spiro atoms. The number of aliphatic hydroxyl groups excluding tert-OH is 1. The third kappa shape index (κ3) is 4.75. The predicted octanol–water partition coefficient (Wildman–Crippen LogP) is 2.50. The molecule has 1 amide bonds. The van der Waals surface area contributed by atoms with Crippen molar-refractivity contribution in [3.8, 4) is 0 Å². The van der Waals surface area contributed by atoms with Crippen molar-refractivity contribution in [2.45, 2.75) is 25.4 Å². The van der Waals surface area contributed by atoms with Gasteiger partial charge in [-0.05, 0) is 37.0 Å². The lowest BCUT2D eigenvalue weighted by atomic mass is 10.1. The minimum absolute atomic E-state index is 0.114. The highest BCUT2D eigenvalue weighted by Crippen LogP contribution is 2.18. The molecule has 0 saturated carbocycles. The minimum Gasteiger partial charge on any atom is -0.396 e. The quantitative estimate of drug-likeness (QED) is 0.800. The van der Waals surface area contributed by atoms with Crippen molar-refractivity contribution in [3.63, 3.8) is 0 Å². The Morgan fingerprint density at radius 1 is 1.17 bits per heavy atom. The summed E-state index contributed by atoms with van der Waals surface area (Å²) < 4.78 is 36.0. The average molecular weight is 261 g/mol. The number of alkyl halides is 3. The maximum Gasteiger partial charge on any atom is 0.471 e. The fourth-order valence-corrected chi connectivity index (χ4v) is 1.40. The van der Waals surface area contributed by atoms with Gasteiger partial charge in [0.15, 0.2) is 0 Å². The lowest BCUT2D eigenvalue weighted by Crippen LogP contribution is -2.29. The Kier molecular flexibility index (Phi) is 5.15. The van der Waals surface area contributed by atoms with Gasteiger partial charge in [-0.25, -0.2) is 0 Å². The van der Waals surface area contributed by atoms with E-state index >= 15 is 0 Å². The number of carbonyl (C=O) groups is 1. The third-order valence-corrected chi connectivity index (χ3v) is 2.34. The smallest absolute Gasteiger partial charge is 0.396 e. The van der Waals surface area contributed by atoms with Crippen molar-refractivity contribution in [1.29, 1.82) is 0 Å². The number of hydrogen-bond acceptors (Lipinski definition) is 2. The molecule has 1 rings (SSSR count). The Morgan fingerprint density at radius 3 is 2.28 bits per heavy atom. The molecular formula is C12H14F3NO2. The zero-order valence-electron chi connectivity index (χ0n) is 9.63. The molecule has 0 fully saturated rings. The number of aryl methyl sites for hydroxylation is 1. The van der Waals surface area contributed by atoms with Gasteiger partial charge in [0.25, 0.3) is 0 Å². The summed E-state index contributed by atoms with van der Waals surface area (Å²) in [7, 11) is 0. The summed E-state index contributed by atoms with van der Waals surface area (Å²) in [5.74, 6) is -1.98. The molecule has 0 bridgehead atoms. The van der Waals surface area contributed by atoms with E-state index in [1.807, 2.05) is 0 Å². The van der Waals surface area contributed by atoms with Crippen LogP contribution in [0.1, 0.15) is 18.4 Å². The van der Waals surface area contributed by atoms with Gasteiger partial charge in [-0.1, -0.05) is 12.1 Å². The number of carbonyl (C=O) groups excluding carboxylic acids is 1. The lowest BCUT2D eigenvalue weighted by molar-refractivity contribution is -0.167. The van der Waals surface area contributed by atoms with Crippen LogP contribution in [0.3, 0.4) is 0 Å². The van der Waals surface area contributed by atoms with Crippen molar-refractivity contribution in [1.82, 2.24) is 0 Å². The van der Waals surface area contributed by atoms with Gasteiger partial charge in [-0.15, -0.1) is 0 Å². The van der Waals surface area contributed by atoms with Crippen LogP contribution in [0.4, 0.5) is 18.9 Å². The molecule has 0 saturated heterocycles. The Bertz CT molecular complexity index is 387. The molecule has 2 N–H and O–H groups in total. The van der Waals surface area contributed by atoms with Gasteiger partial charge in [0.05, 0.1) is 0 Å². The van der Waals surface area contributed by atoms with Crippen molar-refractivity contribution in [3.05, 3.63) is 29.8 Å². The fraction of sp³-hybridized carbons (Fsp3) is 0.417. The van der Waals surface area contributed by atoms with E-state index in [2.05, 4.69) is 0 Å². The van der Waals surface area contributed by atoms with Crippen LogP contribution < -0.4 is 5.32 Å². The predicted molar refractivity (Wildman–Crippen MR) is 61.2 cm³/mol. The second-order valence-corrected chi connectivity index (χ2v) is 3.83. The van der Waals surface area contributed by atoms with Crippen molar-refractivity contribution >= 4 is 11.6 Å². The van der Waals surface area contributed by atoms with Gasteiger partial charge in [0.2, 0.25) is 0 Å². The van der Waals surface area contributed by atoms with Crippen LogP contribution in [-0.2, 0) is 11.2 Å². The molecule has 0 aromatic heterocycles. The molecule has 0 aliphatic rings. The van der Waals surface area contributed by atoms with E-state index < -0.39 is 12.1 Å². The van der Waals surface area contributed by atoms with E-state index in [0.717, 1.165) is 18.4 Å². The number of hydrogen-bond donors (Lipinski definition) is 2. The largest absolute Gasteiger partial charge is 0.471 e. The Balaban J connectivity index is 2.53. The zero-order valence-corrected chi connectivity index (χ0v) is 9.63. The number of rotatable bonds is 5. The molecule has 3 nitrogen and oxygen atoms in total. The first-order valence-electron chi connectivity index (χ1n) is 5.51. The summed E-state index contributed by atoms with van der Waals surface area (Å²) in [6.45, 7) is 0.125. The van der Waals surface area contributed by atoms with Crippen molar-refractivity contribution in [2.24, 2.45) is 0 Å². The zero-order chi connectivity index (χ0) is 13.6. The number of amides is 1. The van der Waals surface area contributed by atoms with Gasteiger partial charge in [-0.3, -0.25) is 4.79 Å². The topological polar surface area (TPSA) is 49.3 Å². The van der Waals surface area contributed by atoms with Gasteiger partial charge >= 0.3 is 12.1 Å². The molecule has 1 aromatic carbocycles. The Morgan fingerprint density at radius 2 is 1.78 bits per heavy atom. The number of aliphatic hydroxyl groups is 1. The minimum atomic E-state index is -4.88. The molecule has 0 unspecified atom stereocenters. The van der Waals surface area contributed by atoms with Crippen LogP contribution in [0.5, 0.6) is 0 Å². The number of benzene rings is 1. The summed E-state index contributed by atoms with van der Waals surface area (Å²) in [4.78, 5) is 10.7. The maximum absolute atomic E-state index is 12.0. The molecule has 18 heavy (non-hydrogen) atoms. The summed E-state index contributed by atoms with van der Waals surface area (Å²) >= 11 is 0. The molecule has 0 heterocycles. The second-order valence-electron chi connectivity index (χ2n) is 3.83. The van der Waals surface area contributed by atoms with Crippen LogP contribution in [-0.4, -0.2) is 23.8 Å². The third-order valence-electron chi connectivity index (χ3n) is 2.34. The van der Waals surface area contributed by atoms with Crippen molar-refractivity contribution < 1.29 is 23.1 Å². The average Bonchev–Trinajstić information content (AvgIpc) is 2.30. The van der Waals surface area contributed by atoms with Crippen LogP contribution in [0.25, 0.3) is 0 Å². The van der Waals surface area contributed by atoms with Crippen molar-refractivity contribution in [2.75, 3.05) is 11.9 Å².